The van der Waals surface area contributed by atoms with E-state index in [0.29, 0.717) is 0 Å². The molecule has 0 saturated carbocycles. The number of alkyl halides is 3. The van der Waals surface area contributed by atoms with Crippen molar-refractivity contribution in [1.29, 1.82) is 0 Å². The van der Waals surface area contributed by atoms with Gasteiger partial charge in [-0.15, -0.1) is 11.3 Å². The van der Waals surface area contributed by atoms with Crippen LogP contribution in [0.15, 0.2) is 24.3 Å². The largest absolute Gasteiger partial charge is 0.489 e. The third-order valence-electron chi connectivity index (χ3n) is 3.34. The van der Waals surface area contributed by atoms with E-state index < -0.39 is 30.2 Å². The fraction of sp³-hybridized carbons (Fsp3) is 0.294. The number of anilines is 1. The van der Waals surface area contributed by atoms with Gasteiger partial charge >= 0.3 is 12.1 Å². The van der Waals surface area contributed by atoms with Gasteiger partial charge in [-0.1, -0.05) is 23.2 Å². The lowest BCUT2D eigenvalue weighted by molar-refractivity contribution is -0.137. The van der Waals surface area contributed by atoms with E-state index in [9.17, 15) is 22.8 Å². The first-order valence-electron chi connectivity index (χ1n) is 7.86. The molecule has 12 heteroatoms. The molecule has 0 aliphatic rings. The number of rotatable bonds is 8. The maximum atomic E-state index is 13.0. The normalized spacial score (nSPS) is 11.2. The number of esters is 1. The molecule has 0 aliphatic carbocycles. The number of carbonyl (C=O) groups excluding carboxylic acids is 2. The van der Waals surface area contributed by atoms with Gasteiger partial charge in [0.15, 0.2) is 6.61 Å². The number of ether oxygens (including phenoxy) is 3. The Labute approximate surface area is 177 Å². The van der Waals surface area contributed by atoms with Crippen molar-refractivity contribution in [2.45, 2.75) is 6.18 Å². The molecule has 0 radical (unpaired) electrons. The standard InChI is InChI=1S/C17H14Cl2F3NO5S/c1-26-4-5-27-12-3-2-9(17(20,21)22)6-11(12)23-14(24)8-28-16(25)10-7-13(18)29-15(10)19/h2-3,6-7H,4-5,8H2,1H3,(H,23,24). The zero-order valence-electron chi connectivity index (χ0n) is 14.8. The topological polar surface area (TPSA) is 73.9 Å². The summed E-state index contributed by atoms with van der Waals surface area (Å²) in [7, 11) is 1.43. The summed E-state index contributed by atoms with van der Waals surface area (Å²) in [6.07, 6.45) is -4.62. The predicted molar refractivity (Wildman–Crippen MR) is 102 cm³/mol. The van der Waals surface area contributed by atoms with E-state index >= 15 is 0 Å². The molecule has 0 aliphatic heterocycles. The maximum absolute atomic E-state index is 13.0. The number of benzene rings is 1. The molecule has 0 fully saturated rings. The van der Waals surface area contributed by atoms with Crippen molar-refractivity contribution in [2.75, 3.05) is 32.2 Å². The first-order valence-corrected chi connectivity index (χ1v) is 9.44. The maximum Gasteiger partial charge on any atom is 0.416 e. The van der Waals surface area contributed by atoms with Crippen LogP contribution in [0.3, 0.4) is 0 Å². The Morgan fingerprint density at radius 3 is 2.48 bits per heavy atom. The van der Waals surface area contributed by atoms with E-state index in [1.807, 2.05) is 0 Å². The third kappa shape index (κ3) is 6.77. The number of thiophene rings is 1. The molecule has 1 N–H and O–H groups in total. The highest BCUT2D eigenvalue weighted by Gasteiger charge is 2.31. The van der Waals surface area contributed by atoms with Crippen molar-refractivity contribution in [3.05, 3.63) is 44.1 Å². The molecule has 0 bridgehead atoms. The minimum atomic E-state index is -4.62. The van der Waals surface area contributed by atoms with Gasteiger partial charge in [0.1, 0.15) is 16.7 Å². The highest BCUT2D eigenvalue weighted by atomic mass is 35.5. The van der Waals surface area contributed by atoms with Crippen LogP contribution in [0, 0.1) is 0 Å². The van der Waals surface area contributed by atoms with Crippen molar-refractivity contribution in [3.8, 4) is 5.75 Å². The molecular weight excluding hydrogens is 458 g/mol. The molecular formula is C17H14Cl2F3NO5S. The van der Waals surface area contributed by atoms with Crippen molar-refractivity contribution >= 4 is 52.1 Å². The Bertz CT molecular complexity index is 888. The molecule has 2 aromatic rings. The fourth-order valence-corrected chi connectivity index (χ4v) is 3.48. The molecule has 0 spiro atoms. The minimum absolute atomic E-state index is 0.00221. The Morgan fingerprint density at radius 1 is 1.17 bits per heavy atom. The number of hydrogen-bond donors (Lipinski definition) is 1. The molecule has 6 nitrogen and oxygen atoms in total. The van der Waals surface area contributed by atoms with E-state index in [1.54, 1.807) is 0 Å². The molecule has 1 aromatic carbocycles. The monoisotopic (exact) mass is 471 g/mol. The average molecular weight is 472 g/mol. The summed E-state index contributed by atoms with van der Waals surface area (Å²) in [5.41, 5.74) is -1.23. The van der Waals surface area contributed by atoms with Crippen LogP contribution in [-0.2, 0) is 20.4 Å². The summed E-state index contributed by atoms with van der Waals surface area (Å²) in [5, 5.41) is 2.24. The molecule has 0 saturated heterocycles. The van der Waals surface area contributed by atoms with E-state index in [-0.39, 0.29) is 38.9 Å². The Hall–Kier alpha value is -2.01. The molecule has 1 heterocycles. The SMILES string of the molecule is COCCOc1ccc(C(F)(F)F)cc1NC(=O)COC(=O)c1cc(Cl)sc1Cl. The van der Waals surface area contributed by atoms with Gasteiger partial charge in [-0.2, -0.15) is 13.2 Å². The van der Waals surface area contributed by atoms with E-state index in [0.717, 1.165) is 29.5 Å². The lowest BCUT2D eigenvalue weighted by Crippen LogP contribution is -2.22. The Kier molecular flexibility index (Phi) is 8.14. The minimum Gasteiger partial charge on any atom is -0.489 e. The molecule has 0 atom stereocenters. The second kappa shape index (κ2) is 10.1. The fourth-order valence-electron chi connectivity index (χ4n) is 2.04. The van der Waals surface area contributed by atoms with Crippen LogP contribution in [0.4, 0.5) is 18.9 Å². The number of nitrogens with one attached hydrogen (secondary N) is 1. The third-order valence-corrected chi connectivity index (χ3v) is 4.82. The predicted octanol–water partition coefficient (Wildman–Crippen LogP) is 4.89. The van der Waals surface area contributed by atoms with Gasteiger partial charge in [0, 0.05) is 7.11 Å². The van der Waals surface area contributed by atoms with Crippen molar-refractivity contribution in [2.24, 2.45) is 0 Å². The van der Waals surface area contributed by atoms with Crippen LogP contribution in [0.2, 0.25) is 8.67 Å². The van der Waals surface area contributed by atoms with Gasteiger partial charge in [-0.25, -0.2) is 4.79 Å². The van der Waals surface area contributed by atoms with Gasteiger partial charge in [-0.05, 0) is 24.3 Å². The van der Waals surface area contributed by atoms with E-state index in [2.05, 4.69) is 5.32 Å². The van der Waals surface area contributed by atoms with Crippen molar-refractivity contribution < 1.29 is 37.0 Å². The summed E-state index contributed by atoms with van der Waals surface area (Å²) >= 11 is 12.5. The van der Waals surface area contributed by atoms with Crippen LogP contribution in [-0.4, -0.2) is 38.8 Å². The van der Waals surface area contributed by atoms with Gasteiger partial charge < -0.3 is 19.5 Å². The van der Waals surface area contributed by atoms with Crippen LogP contribution >= 0.6 is 34.5 Å². The van der Waals surface area contributed by atoms with Crippen LogP contribution < -0.4 is 10.1 Å². The lowest BCUT2D eigenvalue weighted by atomic mass is 10.1. The number of methoxy groups -OCH3 is 1. The summed E-state index contributed by atoms with van der Waals surface area (Å²) in [6, 6.07) is 3.90. The molecule has 1 aromatic heterocycles. The van der Waals surface area contributed by atoms with Gasteiger partial charge in [0.2, 0.25) is 0 Å². The highest BCUT2D eigenvalue weighted by Crippen LogP contribution is 2.35. The number of halogens is 5. The molecule has 158 valence electrons. The highest BCUT2D eigenvalue weighted by molar-refractivity contribution is 7.20. The number of carbonyl (C=O) groups is 2. The van der Waals surface area contributed by atoms with E-state index in [4.69, 9.17) is 37.4 Å². The average Bonchev–Trinajstić information content (AvgIpc) is 2.98. The van der Waals surface area contributed by atoms with Gasteiger partial charge in [-0.3, -0.25) is 4.79 Å². The van der Waals surface area contributed by atoms with E-state index in [1.165, 1.54) is 13.2 Å². The summed E-state index contributed by atoms with van der Waals surface area (Å²) in [6.45, 7) is -0.510. The second-order valence-electron chi connectivity index (χ2n) is 5.41. The van der Waals surface area contributed by atoms with Crippen molar-refractivity contribution in [3.63, 3.8) is 0 Å². The molecule has 0 unspecified atom stereocenters. The molecule has 1 amide bonds. The van der Waals surface area contributed by atoms with Crippen molar-refractivity contribution in [1.82, 2.24) is 0 Å². The summed E-state index contributed by atoms with van der Waals surface area (Å²) in [5.74, 6) is -1.76. The number of amides is 1. The first-order chi connectivity index (χ1) is 13.6. The van der Waals surface area contributed by atoms with Crippen LogP contribution in [0.5, 0.6) is 5.75 Å². The molecule has 2 rings (SSSR count). The lowest BCUT2D eigenvalue weighted by Gasteiger charge is -2.15. The van der Waals surface area contributed by atoms with Crippen LogP contribution in [0.25, 0.3) is 0 Å². The summed E-state index contributed by atoms with van der Waals surface area (Å²) in [4.78, 5) is 24.0. The zero-order chi connectivity index (χ0) is 21.6. The number of hydrogen-bond acceptors (Lipinski definition) is 6. The zero-order valence-corrected chi connectivity index (χ0v) is 17.1. The van der Waals surface area contributed by atoms with Crippen LogP contribution in [0.1, 0.15) is 15.9 Å². The first kappa shape index (κ1) is 23.3. The Balaban J connectivity index is 2.08. The Morgan fingerprint density at radius 2 is 1.90 bits per heavy atom. The smallest absolute Gasteiger partial charge is 0.416 e. The summed E-state index contributed by atoms with van der Waals surface area (Å²) < 4.78 is 54.2. The molecule has 29 heavy (non-hydrogen) atoms. The second-order valence-corrected chi connectivity index (χ2v) is 7.70. The quantitative estimate of drug-likeness (QED) is 0.438. The van der Waals surface area contributed by atoms with Gasteiger partial charge in [0.25, 0.3) is 5.91 Å². The van der Waals surface area contributed by atoms with Gasteiger partial charge in [0.05, 0.1) is 27.8 Å².